The smallest absolute Gasteiger partial charge is 0.230 e. The summed E-state index contributed by atoms with van der Waals surface area (Å²) in [5, 5.41) is 3.51. The highest BCUT2D eigenvalue weighted by Gasteiger charge is 2.35. The molecule has 2 saturated heterocycles. The second-order valence-corrected chi connectivity index (χ2v) is 10.4. The van der Waals surface area contributed by atoms with E-state index in [2.05, 4.69) is 39.5 Å². The molecule has 2 aromatic rings. The Hall–Kier alpha value is -2.64. The van der Waals surface area contributed by atoms with Crippen LogP contribution in [0.1, 0.15) is 44.1 Å². The molecule has 1 aromatic carbocycles. The number of amides is 1. The van der Waals surface area contributed by atoms with Crippen molar-refractivity contribution >= 4 is 28.8 Å². The van der Waals surface area contributed by atoms with Gasteiger partial charge in [-0.15, -0.1) is 0 Å². The molecule has 3 fully saturated rings. The van der Waals surface area contributed by atoms with Crippen molar-refractivity contribution in [2.75, 3.05) is 54.6 Å². The van der Waals surface area contributed by atoms with Crippen molar-refractivity contribution < 1.29 is 14.3 Å². The SMILES string of the molecule is O=C([C@H]1CC[C@@H](C2CCOCC2)CC1)N1Cc2cccnc2Nc2ccc(N3CCOCC3)cc21. The maximum absolute atomic E-state index is 14.1. The molecule has 1 amide bonds. The number of anilines is 4. The number of fused-ring (bicyclic) bond motifs is 2. The highest BCUT2D eigenvalue weighted by Crippen LogP contribution is 2.42. The van der Waals surface area contributed by atoms with Crippen molar-refractivity contribution in [3.8, 4) is 0 Å². The number of ether oxygens (including phenoxy) is 2. The number of hydrogen-bond acceptors (Lipinski definition) is 6. The average molecular weight is 477 g/mol. The van der Waals surface area contributed by atoms with E-state index in [9.17, 15) is 4.79 Å². The first-order valence-corrected chi connectivity index (χ1v) is 13.3. The lowest BCUT2D eigenvalue weighted by Gasteiger charge is -2.37. The summed E-state index contributed by atoms with van der Waals surface area (Å²) in [5.41, 5.74) is 4.11. The molecular weight excluding hydrogens is 440 g/mol. The summed E-state index contributed by atoms with van der Waals surface area (Å²) in [6, 6.07) is 10.5. The minimum atomic E-state index is 0.0872. The van der Waals surface area contributed by atoms with E-state index in [1.54, 1.807) is 0 Å². The van der Waals surface area contributed by atoms with Crippen molar-refractivity contribution in [3.63, 3.8) is 0 Å². The summed E-state index contributed by atoms with van der Waals surface area (Å²) >= 11 is 0. The van der Waals surface area contributed by atoms with E-state index < -0.39 is 0 Å². The molecule has 4 heterocycles. The van der Waals surface area contributed by atoms with Gasteiger partial charge in [0.15, 0.2) is 0 Å². The molecule has 35 heavy (non-hydrogen) atoms. The van der Waals surface area contributed by atoms with Crippen LogP contribution in [0.5, 0.6) is 0 Å². The first kappa shape index (κ1) is 22.8. The summed E-state index contributed by atoms with van der Waals surface area (Å²) in [6.07, 6.45) is 8.47. The van der Waals surface area contributed by atoms with E-state index in [4.69, 9.17) is 9.47 Å². The van der Waals surface area contributed by atoms with Crippen LogP contribution in [-0.2, 0) is 20.8 Å². The van der Waals surface area contributed by atoms with Crippen LogP contribution in [0.15, 0.2) is 36.5 Å². The Morgan fingerprint density at radius 3 is 2.46 bits per heavy atom. The molecule has 1 saturated carbocycles. The van der Waals surface area contributed by atoms with Crippen molar-refractivity contribution in [1.29, 1.82) is 0 Å². The van der Waals surface area contributed by atoms with E-state index in [1.165, 1.54) is 12.8 Å². The van der Waals surface area contributed by atoms with Crippen LogP contribution in [0.25, 0.3) is 0 Å². The molecule has 0 radical (unpaired) electrons. The van der Waals surface area contributed by atoms with Gasteiger partial charge in [0.1, 0.15) is 5.82 Å². The van der Waals surface area contributed by atoms with Gasteiger partial charge in [0.25, 0.3) is 0 Å². The van der Waals surface area contributed by atoms with Crippen molar-refractivity contribution in [1.82, 2.24) is 4.98 Å². The molecule has 0 spiro atoms. The lowest BCUT2D eigenvalue weighted by atomic mass is 9.73. The normalized spacial score (nSPS) is 25.3. The Kier molecular flexibility index (Phi) is 6.61. The van der Waals surface area contributed by atoms with Gasteiger partial charge in [-0.25, -0.2) is 4.98 Å². The van der Waals surface area contributed by atoms with Gasteiger partial charge in [-0.2, -0.15) is 0 Å². The van der Waals surface area contributed by atoms with E-state index >= 15 is 0 Å². The molecule has 7 nitrogen and oxygen atoms in total. The third-order valence-corrected chi connectivity index (χ3v) is 8.44. The lowest BCUT2D eigenvalue weighted by Crippen LogP contribution is -2.39. The van der Waals surface area contributed by atoms with E-state index in [0.29, 0.717) is 6.54 Å². The van der Waals surface area contributed by atoms with Gasteiger partial charge in [0.2, 0.25) is 5.91 Å². The fourth-order valence-electron chi connectivity index (χ4n) is 6.37. The highest BCUT2D eigenvalue weighted by atomic mass is 16.5. The molecule has 0 bridgehead atoms. The number of carbonyl (C=O) groups is 1. The zero-order valence-corrected chi connectivity index (χ0v) is 20.5. The quantitative estimate of drug-likeness (QED) is 0.690. The molecule has 3 aliphatic heterocycles. The molecule has 6 rings (SSSR count). The van der Waals surface area contributed by atoms with Crippen LogP contribution in [0.2, 0.25) is 0 Å². The first-order valence-electron chi connectivity index (χ1n) is 13.3. The standard InChI is InChI=1S/C28H36N4O3/c33-28(22-5-3-20(4-6-22)21-9-14-34-15-10-21)32-19-23-2-1-11-29-27(23)30-25-8-7-24(18-26(25)32)31-12-16-35-17-13-31/h1-2,7-8,11,18,20-22H,3-6,9-10,12-17,19H2,(H,29,30)/t20-,22+. The Morgan fingerprint density at radius 2 is 1.66 bits per heavy atom. The molecule has 1 aliphatic carbocycles. The van der Waals surface area contributed by atoms with Crippen LogP contribution in [0.4, 0.5) is 22.9 Å². The van der Waals surface area contributed by atoms with Crippen LogP contribution >= 0.6 is 0 Å². The zero-order valence-electron chi connectivity index (χ0n) is 20.5. The van der Waals surface area contributed by atoms with Gasteiger partial charge in [-0.3, -0.25) is 4.79 Å². The topological polar surface area (TPSA) is 66.9 Å². The number of carbonyl (C=O) groups excluding carboxylic acids is 1. The summed E-state index contributed by atoms with van der Waals surface area (Å²) in [6.45, 7) is 5.58. The number of nitrogens with one attached hydrogen (secondary N) is 1. The van der Waals surface area contributed by atoms with Crippen LogP contribution in [-0.4, -0.2) is 50.4 Å². The first-order chi connectivity index (χ1) is 17.3. The van der Waals surface area contributed by atoms with Gasteiger partial charge in [0, 0.05) is 49.7 Å². The van der Waals surface area contributed by atoms with Crippen molar-refractivity contribution in [2.45, 2.75) is 45.1 Å². The second-order valence-electron chi connectivity index (χ2n) is 10.4. The largest absolute Gasteiger partial charge is 0.381 e. The Bertz CT molecular complexity index is 1040. The number of morpholine rings is 1. The second kappa shape index (κ2) is 10.2. The summed E-state index contributed by atoms with van der Waals surface area (Å²) in [7, 11) is 0. The van der Waals surface area contributed by atoms with Crippen LogP contribution in [0.3, 0.4) is 0 Å². The minimum Gasteiger partial charge on any atom is -0.381 e. The predicted octanol–water partition coefficient (Wildman–Crippen LogP) is 4.74. The fraction of sp³-hybridized carbons (Fsp3) is 0.571. The third-order valence-electron chi connectivity index (χ3n) is 8.44. The van der Waals surface area contributed by atoms with Gasteiger partial charge >= 0.3 is 0 Å². The molecule has 1 aromatic heterocycles. The highest BCUT2D eigenvalue weighted by molar-refractivity contribution is 6.00. The zero-order chi connectivity index (χ0) is 23.6. The number of pyridine rings is 1. The number of nitrogens with zero attached hydrogens (tertiary/aromatic N) is 3. The van der Waals surface area contributed by atoms with Gasteiger partial charge in [-0.05, 0) is 74.6 Å². The van der Waals surface area contributed by atoms with E-state index in [0.717, 1.165) is 105 Å². The molecule has 1 N–H and O–H groups in total. The summed E-state index contributed by atoms with van der Waals surface area (Å²) in [4.78, 5) is 23.0. The number of benzene rings is 1. The predicted molar refractivity (Wildman–Crippen MR) is 137 cm³/mol. The summed E-state index contributed by atoms with van der Waals surface area (Å²) < 4.78 is 11.1. The Labute approximate surface area is 207 Å². The van der Waals surface area contributed by atoms with Gasteiger partial charge < -0.3 is 24.6 Å². The van der Waals surface area contributed by atoms with Gasteiger partial charge in [-0.1, -0.05) is 6.07 Å². The average Bonchev–Trinajstić information content (AvgIpc) is 3.10. The number of aromatic nitrogens is 1. The fourth-order valence-corrected chi connectivity index (χ4v) is 6.37. The van der Waals surface area contributed by atoms with E-state index in [-0.39, 0.29) is 11.8 Å². The summed E-state index contributed by atoms with van der Waals surface area (Å²) in [5.74, 6) is 2.71. The molecule has 0 unspecified atom stereocenters. The molecule has 7 heteroatoms. The monoisotopic (exact) mass is 476 g/mol. The molecule has 4 aliphatic rings. The number of rotatable bonds is 3. The van der Waals surface area contributed by atoms with Gasteiger partial charge in [0.05, 0.1) is 31.1 Å². The number of hydrogen-bond donors (Lipinski definition) is 1. The van der Waals surface area contributed by atoms with Crippen molar-refractivity contribution in [2.24, 2.45) is 17.8 Å². The minimum absolute atomic E-state index is 0.0872. The third kappa shape index (κ3) is 4.76. The lowest BCUT2D eigenvalue weighted by molar-refractivity contribution is -0.124. The Balaban J connectivity index is 1.26. The Morgan fingerprint density at radius 1 is 0.914 bits per heavy atom. The molecule has 0 atom stereocenters. The maximum Gasteiger partial charge on any atom is 0.230 e. The van der Waals surface area contributed by atoms with E-state index in [1.807, 2.05) is 17.2 Å². The molecule has 186 valence electrons. The van der Waals surface area contributed by atoms with Crippen LogP contribution < -0.4 is 15.1 Å². The van der Waals surface area contributed by atoms with Crippen molar-refractivity contribution in [3.05, 3.63) is 42.1 Å². The maximum atomic E-state index is 14.1. The van der Waals surface area contributed by atoms with Crippen LogP contribution in [0, 0.1) is 17.8 Å². The molecular formula is C28H36N4O3.